The van der Waals surface area contributed by atoms with Gasteiger partial charge in [-0.25, -0.2) is 4.79 Å². The van der Waals surface area contributed by atoms with E-state index in [2.05, 4.69) is 20.4 Å². The first-order valence-electron chi connectivity index (χ1n) is 12.7. The summed E-state index contributed by atoms with van der Waals surface area (Å²) in [4.78, 5) is 67.1. The maximum absolute atomic E-state index is 13.1. The van der Waals surface area contributed by atoms with Gasteiger partial charge in [-0.05, 0) is 45.4 Å². The molecule has 2 saturated heterocycles. The van der Waals surface area contributed by atoms with Crippen LogP contribution in [-0.4, -0.2) is 90.4 Å². The van der Waals surface area contributed by atoms with E-state index in [1.807, 2.05) is 33.8 Å². The Bertz CT molecular complexity index is 1110. The van der Waals surface area contributed by atoms with E-state index in [0.717, 1.165) is 43.3 Å². The van der Waals surface area contributed by atoms with Gasteiger partial charge in [0, 0.05) is 56.3 Å². The molecular weight excluding hydrogens is 478 g/mol. The third-order valence-electron chi connectivity index (χ3n) is 6.71. The molecule has 2 N–H and O–H groups in total. The molecule has 0 aliphatic carbocycles. The number of ether oxygens (including phenoxy) is 1. The van der Waals surface area contributed by atoms with E-state index in [1.54, 1.807) is 12.1 Å². The van der Waals surface area contributed by atoms with Crippen LogP contribution in [0.3, 0.4) is 0 Å². The van der Waals surface area contributed by atoms with Crippen molar-refractivity contribution in [1.29, 1.82) is 0 Å². The Morgan fingerprint density at radius 2 is 1.76 bits per heavy atom. The molecule has 11 heteroatoms. The summed E-state index contributed by atoms with van der Waals surface area (Å²) in [6.45, 7) is 12.0. The van der Waals surface area contributed by atoms with Crippen molar-refractivity contribution >= 4 is 35.4 Å². The van der Waals surface area contributed by atoms with Crippen LogP contribution in [0.25, 0.3) is 0 Å². The fourth-order valence-corrected chi connectivity index (χ4v) is 4.90. The largest absolute Gasteiger partial charge is 0.449 e. The first-order valence-corrected chi connectivity index (χ1v) is 12.7. The molecule has 11 nitrogen and oxygen atoms in total. The van der Waals surface area contributed by atoms with Crippen LogP contribution in [0.2, 0.25) is 0 Å². The maximum Gasteiger partial charge on any atom is 0.407 e. The van der Waals surface area contributed by atoms with E-state index in [4.69, 9.17) is 4.74 Å². The Hall–Kier alpha value is -3.47. The van der Waals surface area contributed by atoms with Crippen LogP contribution < -0.4 is 15.5 Å². The van der Waals surface area contributed by atoms with E-state index in [0.29, 0.717) is 6.61 Å². The lowest BCUT2D eigenvalue weighted by Crippen LogP contribution is -2.54. The fourth-order valence-electron chi connectivity index (χ4n) is 4.90. The number of imide groups is 2. The zero-order valence-corrected chi connectivity index (χ0v) is 21.8. The quantitative estimate of drug-likeness (QED) is 0.546. The van der Waals surface area contributed by atoms with Crippen LogP contribution in [0, 0.1) is 5.92 Å². The van der Waals surface area contributed by atoms with Gasteiger partial charge in [0.15, 0.2) is 0 Å². The van der Waals surface area contributed by atoms with Crippen molar-refractivity contribution < 1.29 is 28.7 Å². The Balaban J connectivity index is 1.31. The normalized spacial score (nSPS) is 21.6. The molecule has 2 unspecified atom stereocenters. The minimum Gasteiger partial charge on any atom is -0.449 e. The number of piperazine rings is 1. The molecule has 3 aliphatic rings. The summed E-state index contributed by atoms with van der Waals surface area (Å²) in [7, 11) is 0. The van der Waals surface area contributed by atoms with Crippen LogP contribution in [-0.2, 0) is 14.3 Å². The smallest absolute Gasteiger partial charge is 0.407 e. The lowest BCUT2D eigenvalue weighted by Gasteiger charge is -2.37. The zero-order valence-electron chi connectivity index (χ0n) is 21.8. The summed E-state index contributed by atoms with van der Waals surface area (Å²) in [6, 6.07) is 4.23. The van der Waals surface area contributed by atoms with Crippen molar-refractivity contribution in [3.63, 3.8) is 0 Å². The minimum absolute atomic E-state index is 0.0915. The topological polar surface area (TPSA) is 128 Å². The molecule has 37 heavy (non-hydrogen) atoms. The number of piperidine rings is 1. The summed E-state index contributed by atoms with van der Waals surface area (Å²) in [5, 5.41) is 5.00. The van der Waals surface area contributed by atoms with Crippen molar-refractivity contribution in [2.75, 3.05) is 44.2 Å². The number of anilines is 1. The lowest BCUT2D eigenvalue weighted by atomic mass is 10.0. The molecule has 2 atom stereocenters. The van der Waals surface area contributed by atoms with Crippen molar-refractivity contribution in [1.82, 2.24) is 20.4 Å². The molecule has 200 valence electrons. The van der Waals surface area contributed by atoms with E-state index in [-0.39, 0.29) is 35.4 Å². The minimum atomic E-state index is -0.970. The number of hydrogen-bond donors (Lipinski definition) is 2. The number of fused-ring (bicyclic) bond motifs is 1. The molecule has 0 spiro atoms. The van der Waals surface area contributed by atoms with Crippen molar-refractivity contribution in [3.05, 3.63) is 29.3 Å². The van der Waals surface area contributed by atoms with Gasteiger partial charge in [0.05, 0.1) is 17.7 Å². The number of carbonyl (C=O) groups is 5. The molecule has 3 heterocycles. The molecule has 0 saturated carbocycles. The highest BCUT2D eigenvalue weighted by Crippen LogP contribution is 2.31. The first-order chi connectivity index (χ1) is 17.4. The summed E-state index contributed by atoms with van der Waals surface area (Å²) >= 11 is 0. The predicted octanol–water partition coefficient (Wildman–Crippen LogP) is 1.37. The van der Waals surface area contributed by atoms with Gasteiger partial charge in [0.1, 0.15) is 6.04 Å². The average molecular weight is 514 g/mol. The molecule has 0 radical (unpaired) electrons. The van der Waals surface area contributed by atoms with Gasteiger partial charge >= 0.3 is 6.09 Å². The van der Waals surface area contributed by atoms with E-state index in [1.165, 1.54) is 0 Å². The third-order valence-corrected chi connectivity index (χ3v) is 6.71. The number of rotatable bonds is 6. The fraction of sp³-hybridized carbons (Fsp3) is 0.577. The van der Waals surface area contributed by atoms with E-state index >= 15 is 0 Å². The lowest BCUT2D eigenvalue weighted by molar-refractivity contribution is -0.136. The molecule has 5 amide bonds. The van der Waals surface area contributed by atoms with E-state index < -0.39 is 35.8 Å². The Morgan fingerprint density at radius 1 is 1.08 bits per heavy atom. The van der Waals surface area contributed by atoms with Crippen LogP contribution >= 0.6 is 0 Å². The highest BCUT2D eigenvalue weighted by molar-refractivity contribution is 6.23. The number of hydrogen-bond acceptors (Lipinski definition) is 8. The van der Waals surface area contributed by atoms with Crippen molar-refractivity contribution in [2.24, 2.45) is 5.92 Å². The molecular formula is C26H35N5O6. The molecule has 1 aromatic rings. The molecule has 4 rings (SSSR count). The molecule has 1 aromatic carbocycles. The number of benzene rings is 1. The Morgan fingerprint density at radius 3 is 2.41 bits per heavy atom. The summed E-state index contributed by atoms with van der Waals surface area (Å²) in [5.74, 6) is -1.83. The van der Waals surface area contributed by atoms with Crippen LogP contribution in [0.4, 0.5) is 10.5 Å². The summed E-state index contributed by atoms with van der Waals surface area (Å²) < 4.78 is 5.35. The molecule has 0 bridgehead atoms. The number of nitrogens with one attached hydrogen (secondary N) is 2. The first kappa shape index (κ1) is 26.6. The van der Waals surface area contributed by atoms with Gasteiger partial charge < -0.3 is 15.0 Å². The summed E-state index contributed by atoms with van der Waals surface area (Å²) in [5.41, 5.74) is 1.07. The number of nitrogens with zero attached hydrogens (tertiary/aromatic N) is 3. The predicted molar refractivity (Wildman–Crippen MR) is 135 cm³/mol. The zero-order chi connectivity index (χ0) is 26.9. The Kier molecular flexibility index (Phi) is 7.54. The van der Waals surface area contributed by atoms with E-state index in [9.17, 15) is 24.0 Å². The number of amides is 5. The van der Waals surface area contributed by atoms with Gasteiger partial charge in [-0.1, -0.05) is 6.92 Å². The van der Waals surface area contributed by atoms with Crippen molar-refractivity contribution in [3.8, 4) is 0 Å². The SMILES string of the molecule is CC(COC(=O)NC(C)(C)C)CN1CCN(c2ccc3c(c2)C(=O)N(C2CCC(=O)NC2=O)C3=O)CC1. The second-order valence-electron chi connectivity index (χ2n) is 11.0. The van der Waals surface area contributed by atoms with Gasteiger partial charge in [0.25, 0.3) is 11.8 Å². The molecule has 2 fully saturated rings. The monoisotopic (exact) mass is 513 g/mol. The highest BCUT2D eigenvalue weighted by atomic mass is 16.5. The third kappa shape index (κ3) is 6.10. The number of alkyl carbamates (subject to hydrolysis) is 1. The molecule has 0 aromatic heterocycles. The standard InChI is InChI=1S/C26H35N5O6/c1-16(15-37-25(36)28-26(2,3)4)14-29-9-11-30(12-10-29)17-5-6-18-19(13-17)24(35)31(23(18)34)20-7-8-21(32)27-22(20)33/h5-6,13,16,20H,7-12,14-15H2,1-4H3,(H,28,36)(H,27,32,33). The second-order valence-corrected chi connectivity index (χ2v) is 11.0. The van der Waals surface area contributed by atoms with Gasteiger partial charge in [0.2, 0.25) is 11.8 Å². The number of carbonyl (C=O) groups excluding carboxylic acids is 5. The van der Waals surface area contributed by atoms with Crippen LogP contribution in [0.1, 0.15) is 61.3 Å². The van der Waals surface area contributed by atoms with Gasteiger partial charge in [-0.15, -0.1) is 0 Å². The van der Waals surface area contributed by atoms with Gasteiger partial charge in [-0.2, -0.15) is 0 Å². The van der Waals surface area contributed by atoms with Gasteiger partial charge in [-0.3, -0.25) is 34.3 Å². The molecule has 3 aliphatic heterocycles. The Labute approximate surface area is 216 Å². The average Bonchev–Trinajstić information content (AvgIpc) is 3.07. The van der Waals surface area contributed by atoms with Crippen LogP contribution in [0.15, 0.2) is 18.2 Å². The van der Waals surface area contributed by atoms with Crippen LogP contribution in [0.5, 0.6) is 0 Å². The van der Waals surface area contributed by atoms with Crippen molar-refractivity contribution in [2.45, 2.75) is 52.1 Å². The summed E-state index contributed by atoms with van der Waals surface area (Å²) in [6.07, 6.45) is -0.186. The highest BCUT2D eigenvalue weighted by Gasteiger charge is 2.44. The maximum atomic E-state index is 13.1. The second kappa shape index (κ2) is 10.5.